The third-order valence-electron chi connectivity index (χ3n) is 6.17. The topological polar surface area (TPSA) is 79.2 Å². The van der Waals surface area contributed by atoms with Crippen LogP contribution in [0, 0.1) is 0 Å². The number of nitrogens with one attached hydrogen (secondary N) is 1. The molecule has 1 aliphatic carbocycles. The lowest BCUT2D eigenvalue weighted by atomic mass is 10.1. The number of likely N-dealkylation sites (N-methyl/N-ethyl adjacent to an activating group) is 1. The molecular formula is C23H29N7O. The number of nitrogens with zero attached hydrogens (tertiary/aromatic N) is 6. The fourth-order valence-electron chi connectivity index (χ4n) is 4.09. The first-order chi connectivity index (χ1) is 15.0. The van der Waals surface area contributed by atoms with Gasteiger partial charge in [-0.05, 0) is 51.9 Å². The van der Waals surface area contributed by atoms with E-state index in [0.29, 0.717) is 17.3 Å². The summed E-state index contributed by atoms with van der Waals surface area (Å²) < 4.78 is 1.89. The van der Waals surface area contributed by atoms with E-state index in [4.69, 9.17) is 4.98 Å². The van der Waals surface area contributed by atoms with Gasteiger partial charge in [-0.3, -0.25) is 4.79 Å². The molecule has 0 unspecified atom stereocenters. The number of carbonyl (C=O) groups excluding carboxylic acids is 1. The predicted octanol–water partition coefficient (Wildman–Crippen LogP) is 3.29. The largest absolute Gasteiger partial charge is 0.368 e. The van der Waals surface area contributed by atoms with E-state index in [0.717, 1.165) is 61.4 Å². The van der Waals surface area contributed by atoms with E-state index in [9.17, 15) is 4.79 Å². The van der Waals surface area contributed by atoms with Crippen LogP contribution >= 0.6 is 0 Å². The molecule has 1 saturated heterocycles. The molecule has 4 heterocycles. The zero-order chi connectivity index (χ0) is 21.5. The van der Waals surface area contributed by atoms with Crippen molar-refractivity contribution in [2.45, 2.75) is 38.6 Å². The summed E-state index contributed by atoms with van der Waals surface area (Å²) in [5, 5.41) is 8.24. The van der Waals surface area contributed by atoms with Gasteiger partial charge in [-0.1, -0.05) is 0 Å². The molecule has 0 spiro atoms. The number of hydrogen-bond acceptors (Lipinski definition) is 6. The van der Waals surface area contributed by atoms with Crippen molar-refractivity contribution >= 4 is 28.4 Å². The Bertz CT molecular complexity index is 1090. The summed E-state index contributed by atoms with van der Waals surface area (Å²) in [5.74, 6) is 0.835. The van der Waals surface area contributed by atoms with Crippen LogP contribution in [0.15, 0.2) is 30.6 Å². The highest BCUT2D eigenvalue weighted by Crippen LogP contribution is 2.40. The maximum absolute atomic E-state index is 13.2. The maximum atomic E-state index is 13.2. The summed E-state index contributed by atoms with van der Waals surface area (Å²) in [5.41, 5.74) is 3.47. The Labute approximate surface area is 182 Å². The molecule has 8 heteroatoms. The first kappa shape index (κ1) is 19.9. The van der Waals surface area contributed by atoms with Crippen molar-refractivity contribution in [2.24, 2.45) is 0 Å². The molecule has 1 saturated carbocycles. The number of fused-ring (bicyclic) bond motifs is 1. The fourth-order valence-corrected chi connectivity index (χ4v) is 4.09. The zero-order valence-corrected chi connectivity index (χ0v) is 18.4. The summed E-state index contributed by atoms with van der Waals surface area (Å²) in [6.45, 7) is 8.21. The van der Waals surface area contributed by atoms with Crippen molar-refractivity contribution in [1.29, 1.82) is 0 Å². The number of pyridine rings is 2. The number of aromatic nitrogens is 4. The van der Waals surface area contributed by atoms with Gasteiger partial charge < -0.3 is 15.1 Å². The number of amides is 1. The summed E-state index contributed by atoms with van der Waals surface area (Å²) in [4.78, 5) is 27.2. The molecule has 3 aromatic rings. The Morgan fingerprint density at radius 3 is 2.55 bits per heavy atom. The van der Waals surface area contributed by atoms with Crippen LogP contribution in [0.25, 0.3) is 11.0 Å². The van der Waals surface area contributed by atoms with Gasteiger partial charge in [-0.25, -0.2) is 14.6 Å². The first-order valence-corrected chi connectivity index (χ1v) is 11.1. The summed E-state index contributed by atoms with van der Waals surface area (Å²) >= 11 is 0. The third-order valence-corrected chi connectivity index (χ3v) is 6.17. The second-order valence-corrected chi connectivity index (χ2v) is 8.94. The van der Waals surface area contributed by atoms with Gasteiger partial charge in [-0.2, -0.15) is 5.10 Å². The van der Waals surface area contributed by atoms with E-state index in [1.807, 2.05) is 29.1 Å². The zero-order valence-electron chi connectivity index (χ0n) is 18.4. The Morgan fingerprint density at radius 2 is 1.90 bits per heavy atom. The minimum absolute atomic E-state index is 0.169. The summed E-state index contributed by atoms with van der Waals surface area (Å²) in [6, 6.07) is 6.02. The Hall–Kier alpha value is -3.00. The number of rotatable bonds is 5. The van der Waals surface area contributed by atoms with Gasteiger partial charge in [0.15, 0.2) is 5.65 Å². The standard InChI is InChI=1S/C23H29N7O/c1-15(2)30-22-19(14-25-30)18(12-20(26-22)16-4-5-16)23(31)27-21-7-6-17(13-24-21)29-10-8-28(3)9-11-29/h6-7,12-16H,4-5,8-11H2,1-3H3,(H,24,27,31). The highest BCUT2D eigenvalue weighted by atomic mass is 16.1. The van der Waals surface area contributed by atoms with Gasteiger partial charge >= 0.3 is 0 Å². The number of hydrogen-bond donors (Lipinski definition) is 1. The van der Waals surface area contributed by atoms with Crippen LogP contribution < -0.4 is 10.2 Å². The second kappa shape index (κ2) is 7.92. The second-order valence-electron chi connectivity index (χ2n) is 8.94. The van der Waals surface area contributed by atoms with Gasteiger partial charge in [0.05, 0.1) is 29.0 Å². The number of carbonyl (C=O) groups is 1. The average molecular weight is 420 g/mol. The van der Waals surface area contributed by atoms with Crippen molar-refractivity contribution < 1.29 is 4.79 Å². The van der Waals surface area contributed by atoms with E-state index < -0.39 is 0 Å². The first-order valence-electron chi connectivity index (χ1n) is 11.1. The molecule has 0 aromatic carbocycles. The molecule has 1 N–H and O–H groups in total. The number of anilines is 2. The normalized spacial score (nSPS) is 17.5. The van der Waals surface area contributed by atoms with Crippen molar-refractivity contribution in [3.8, 4) is 0 Å². The lowest BCUT2D eigenvalue weighted by Gasteiger charge is -2.33. The molecule has 1 amide bonds. The van der Waals surface area contributed by atoms with Crippen molar-refractivity contribution in [1.82, 2.24) is 24.6 Å². The van der Waals surface area contributed by atoms with Crippen LogP contribution in [-0.2, 0) is 0 Å². The van der Waals surface area contributed by atoms with Crippen LogP contribution in [0.2, 0.25) is 0 Å². The van der Waals surface area contributed by atoms with Crippen molar-refractivity contribution in [3.63, 3.8) is 0 Å². The van der Waals surface area contributed by atoms with E-state index in [2.05, 4.69) is 46.1 Å². The predicted molar refractivity (Wildman–Crippen MR) is 122 cm³/mol. The quantitative estimate of drug-likeness (QED) is 0.684. The smallest absolute Gasteiger partial charge is 0.257 e. The molecule has 8 nitrogen and oxygen atoms in total. The van der Waals surface area contributed by atoms with E-state index in [1.54, 1.807) is 6.20 Å². The van der Waals surface area contributed by atoms with Crippen LogP contribution in [0.1, 0.15) is 54.7 Å². The third kappa shape index (κ3) is 3.99. The molecule has 0 radical (unpaired) electrons. The van der Waals surface area contributed by atoms with E-state index in [-0.39, 0.29) is 11.9 Å². The summed E-state index contributed by atoms with van der Waals surface area (Å²) in [6.07, 6.45) is 5.85. The van der Waals surface area contributed by atoms with Gasteiger partial charge in [0, 0.05) is 43.8 Å². The molecule has 2 fully saturated rings. The number of piperazine rings is 1. The highest BCUT2D eigenvalue weighted by molar-refractivity contribution is 6.11. The van der Waals surface area contributed by atoms with Gasteiger partial charge in [0.25, 0.3) is 5.91 Å². The lowest BCUT2D eigenvalue weighted by molar-refractivity contribution is 0.102. The van der Waals surface area contributed by atoms with Crippen LogP contribution in [0.5, 0.6) is 0 Å². The molecule has 2 aliphatic rings. The minimum atomic E-state index is -0.169. The highest BCUT2D eigenvalue weighted by Gasteiger charge is 2.28. The molecule has 1 aliphatic heterocycles. The molecular weight excluding hydrogens is 390 g/mol. The Morgan fingerprint density at radius 1 is 1.13 bits per heavy atom. The Balaban J connectivity index is 1.39. The minimum Gasteiger partial charge on any atom is -0.368 e. The molecule has 31 heavy (non-hydrogen) atoms. The van der Waals surface area contributed by atoms with Crippen molar-refractivity contribution in [3.05, 3.63) is 41.9 Å². The van der Waals surface area contributed by atoms with Gasteiger partial charge in [0.2, 0.25) is 0 Å². The van der Waals surface area contributed by atoms with Crippen LogP contribution in [0.3, 0.4) is 0 Å². The molecule has 5 rings (SSSR count). The fraction of sp³-hybridized carbons (Fsp3) is 0.478. The monoisotopic (exact) mass is 419 g/mol. The SMILES string of the molecule is CC(C)n1ncc2c(C(=O)Nc3ccc(N4CCN(C)CC4)cn3)cc(C3CC3)nc21. The van der Waals surface area contributed by atoms with Crippen LogP contribution in [0.4, 0.5) is 11.5 Å². The Kier molecular flexibility index (Phi) is 5.09. The van der Waals surface area contributed by atoms with E-state index in [1.165, 1.54) is 0 Å². The average Bonchev–Trinajstić information content (AvgIpc) is 3.53. The molecule has 3 aromatic heterocycles. The maximum Gasteiger partial charge on any atom is 0.257 e. The summed E-state index contributed by atoms with van der Waals surface area (Å²) in [7, 11) is 2.14. The lowest BCUT2D eigenvalue weighted by Crippen LogP contribution is -2.44. The molecule has 0 atom stereocenters. The van der Waals surface area contributed by atoms with E-state index >= 15 is 0 Å². The van der Waals surface area contributed by atoms with Crippen molar-refractivity contribution in [2.75, 3.05) is 43.4 Å². The van der Waals surface area contributed by atoms with Crippen LogP contribution in [-0.4, -0.2) is 63.8 Å². The van der Waals surface area contributed by atoms with Gasteiger partial charge in [0.1, 0.15) is 5.82 Å². The molecule has 162 valence electrons. The molecule has 0 bridgehead atoms. The van der Waals surface area contributed by atoms with Gasteiger partial charge in [-0.15, -0.1) is 0 Å².